The zero-order valence-electron chi connectivity index (χ0n) is 13.3. The van der Waals surface area contributed by atoms with E-state index in [-0.39, 0.29) is 5.41 Å². The van der Waals surface area contributed by atoms with Gasteiger partial charge in [0.25, 0.3) is 0 Å². The molecule has 2 rings (SSSR count). The number of hydrogen-bond donors (Lipinski definition) is 1. The first-order chi connectivity index (χ1) is 9.99. The van der Waals surface area contributed by atoms with Crippen LogP contribution in [0.5, 0.6) is 5.75 Å². The Kier molecular flexibility index (Phi) is 5.37. The van der Waals surface area contributed by atoms with Crippen LogP contribution in [0.25, 0.3) is 0 Å². The molecule has 0 atom stereocenters. The molecule has 0 aliphatic heterocycles. The van der Waals surface area contributed by atoms with Crippen molar-refractivity contribution in [3.05, 3.63) is 45.9 Å². The predicted octanol–water partition coefficient (Wildman–Crippen LogP) is 4.13. The summed E-state index contributed by atoms with van der Waals surface area (Å²) >= 11 is 1.68. The van der Waals surface area contributed by atoms with Crippen molar-refractivity contribution in [2.24, 2.45) is 0 Å². The number of benzene rings is 1. The van der Waals surface area contributed by atoms with E-state index in [9.17, 15) is 0 Å². The van der Waals surface area contributed by atoms with E-state index >= 15 is 0 Å². The molecule has 0 amide bonds. The molecular formula is C17H24N2OS. The number of nitrogens with one attached hydrogen (secondary N) is 1. The lowest BCUT2D eigenvalue weighted by Crippen LogP contribution is -2.11. The predicted molar refractivity (Wildman–Crippen MR) is 89.0 cm³/mol. The fourth-order valence-electron chi connectivity index (χ4n) is 1.94. The molecule has 0 radical (unpaired) electrons. The summed E-state index contributed by atoms with van der Waals surface area (Å²) in [5.41, 5.74) is 2.42. The molecule has 0 aliphatic carbocycles. The Labute approximate surface area is 131 Å². The molecule has 1 heterocycles. The molecule has 1 aromatic carbocycles. The molecule has 0 spiro atoms. The molecule has 1 aromatic heterocycles. The van der Waals surface area contributed by atoms with Gasteiger partial charge >= 0.3 is 0 Å². The zero-order chi connectivity index (χ0) is 15.3. The fourth-order valence-corrected chi connectivity index (χ4v) is 2.69. The minimum absolute atomic E-state index is 0.138. The fraction of sp³-hybridized carbons (Fsp3) is 0.471. The van der Waals surface area contributed by atoms with Gasteiger partial charge in [0.2, 0.25) is 0 Å². The van der Waals surface area contributed by atoms with Crippen molar-refractivity contribution in [2.45, 2.75) is 46.3 Å². The molecule has 0 unspecified atom stereocenters. The van der Waals surface area contributed by atoms with Crippen molar-refractivity contribution in [1.82, 2.24) is 10.3 Å². The summed E-state index contributed by atoms with van der Waals surface area (Å²) in [7, 11) is 0. The van der Waals surface area contributed by atoms with Crippen molar-refractivity contribution in [2.75, 3.05) is 6.54 Å². The molecule has 21 heavy (non-hydrogen) atoms. The van der Waals surface area contributed by atoms with E-state index in [0.29, 0.717) is 6.61 Å². The highest BCUT2D eigenvalue weighted by molar-refractivity contribution is 7.09. The largest absolute Gasteiger partial charge is 0.487 e. The second-order valence-corrected chi connectivity index (χ2v) is 7.02. The summed E-state index contributed by atoms with van der Waals surface area (Å²) in [6, 6.07) is 8.31. The third kappa shape index (κ3) is 4.83. The van der Waals surface area contributed by atoms with Gasteiger partial charge in [-0.1, -0.05) is 39.8 Å². The molecule has 1 N–H and O–H groups in total. The van der Waals surface area contributed by atoms with Crippen molar-refractivity contribution in [3.63, 3.8) is 0 Å². The van der Waals surface area contributed by atoms with Crippen LogP contribution in [0.2, 0.25) is 0 Å². The van der Waals surface area contributed by atoms with Gasteiger partial charge in [-0.15, -0.1) is 11.3 Å². The van der Waals surface area contributed by atoms with Crippen molar-refractivity contribution >= 4 is 11.3 Å². The van der Waals surface area contributed by atoms with Crippen LogP contribution in [0, 0.1) is 0 Å². The van der Waals surface area contributed by atoms with E-state index in [0.717, 1.165) is 29.5 Å². The highest BCUT2D eigenvalue weighted by atomic mass is 32.1. The van der Waals surface area contributed by atoms with Crippen LogP contribution in [0.15, 0.2) is 29.6 Å². The highest BCUT2D eigenvalue weighted by Crippen LogP contribution is 2.26. The minimum atomic E-state index is 0.138. The van der Waals surface area contributed by atoms with E-state index in [4.69, 9.17) is 4.74 Å². The van der Waals surface area contributed by atoms with Crippen molar-refractivity contribution < 1.29 is 4.74 Å². The second kappa shape index (κ2) is 7.05. The van der Waals surface area contributed by atoms with Gasteiger partial charge in [-0.05, 0) is 29.7 Å². The maximum Gasteiger partial charge on any atom is 0.131 e. The Morgan fingerprint density at radius 3 is 2.81 bits per heavy atom. The van der Waals surface area contributed by atoms with Crippen LogP contribution >= 0.6 is 11.3 Å². The monoisotopic (exact) mass is 304 g/mol. The lowest BCUT2D eigenvalue weighted by molar-refractivity contribution is 0.301. The Hall–Kier alpha value is -1.39. The molecule has 0 saturated carbocycles. The molecule has 0 saturated heterocycles. The van der Waals surface area contributed by atoms with E-state index in [2.05, 4.69) is 55.5 Å². The topological polar surface area (TPSA) is 34.2 Å². The average molecular weight is 304 g/mol. The summed E-state index contributed by atoms with van der Waals surface area (Å²) in [5, 5.41) is 6.46. The van der Waals surface area contributed by atoms with Gasteiger partial charge < -0.3 is 10.1 Å². The van der Waals surface area contributed by atoms with Crippen LogP contribution in [-0.4, -0.2) is 11.5 Å². The summed E-state index contributed by atoms with van der Waals surface area (Å²) in [5.74, 6) is 0.906. The van der Waals surface area contributed by atoms with Gasteiger partial charge in [0.1, 0.15) is 17.4 Å². The smallest absolute Gasteiger partial charge is 0.131 e. The third-order valence-corrected chi connectivity index (χ3v) is 4.11. The molecule has 2 aromatic rings. The van der Waals surface area contributed by atoms with E-state index in [1.54, 1.807) is 11.3 Å². The first-order valence-electron chi connectivity index (χ1n) is 7.36. The van der Waals surface area contributed by atoms with E-state index in [1.165, 1.54) is 5.56 Å². The van der Waals surface area contributed by atoms with Gasteiger partial charge in [0, 0.05) is 11.9 Å². The van der Waals surface area contributed by atoms with Crippen LogP contribution < -0.4 is 10.1 Å². The van der Waals surface area contributed by atoms with Gasteiger partial charge in [-0.2, -0.15) is 0 Å². The molecule has 3 nitrogen and oxygen atoms in total. The average Bonchev–Trinajstić information content (AvgIpc) is 2.90. The first-order valence-corrected chi connectivity index (χ1v) is 8.24. The normalized spacial score (nSPS) is 11.6. The quantitative estimate of drug-likeness (QED) is 0.871. The summed E-state index contributed by atoms with van der Waals surface area (Å²) < 4.78 is 5.87. The SMILES string of the molecule is CCNCc1nc(COc2cccc(C(C)(C)C)c2)cs1. The number of aromatic nitrogens is 1. The van der Waals surface area contributed by atoms with Gasteiger partial charge in [0.05, 0.1) is 5.69 Å². The minimum Gasteiger partial charge on any atom is -0.487 e. The Morgan fingerprint density at radius 2 is 2.10 bits per heavy atom. The van der Waals surface area contributed by atoms with Crippen LogP contribution in [0.3, 0.4) is 0 Å². The molecule has 0 fully saturated rings. The molecule has 4 heteroatoms. The first kappa shape index (κ1) is 16.0. The van der Waals surface area contributed by atoms with Crippen molar-refractivity contribution in [3.8, 4) is 5.75 Å². The third-order valence-electron chi connectivity index (χ3n) is 3.21. The maximum atomic E-state index is 5.87. The van der Waals surface area contributed by atoms with Crippen LogP contribution in [0.1, 0.15) is 44.0 Å². The summed E-state index contributed by atoms with van der Waals surface area (Å²) in [6.07, 6.45) is 0. The maximum absolute atomic E-state index is 5.87. The van der Waals surface area contributed by atoms with E-state index < -0.39 is 0 Å². The molecule has 114 valence electrons. The van der Waals surface area contributed by atoms with Gasteiger partial charge in [-0.25, -0.2) is 4.98 Å². The number of ether oxygens (including phenoxy) is 1. The number of hydrogen-bond acceptors (Lipinski definition) is 4. The Morgan fingerprint density at radius 1 is 1.29 bits per heavy atom. The van der Waals surface area contributed by atoms with E-state index in [1.807, 2.05) is 12.1 Å². The second-order valence-electron chi connectivity index (χ2n) is 6.08. The summed E-state index contributed by atoms with van der Waals surface area (Å²) in [4.78, 5) is 4.57. The highest BCUT2D eigenvalue weighted by Gasteiger charge is 2.14. The number of thiazole rings is 1. The molecule has 0 bridgehead atoms. The van der Waals surface area contributed by atoms with Gasteiger partial charge in [-0.3, -0.25) is 0 Å². The van der Waals surface area contributed by atoms with Crippen LogP contribution in [0.4, 0.5) is 0 Å². The Balaban J connectivity index is 1.95. The standard InChI is InChI=1S/C17H24N2OS/c1-5-18-10-16-19-14(12-21-16)11-20-15-8-6-7-13(9-15)17(2,3)4/h6-9,12,18H,5,10-11H2,1-4H3. The lowest BCUT2D eigenvalue weighted by atomic mass is 9.87. The Bertz CT molecular complexity index is 572. The van der Waals surface area contributed by atoms with Gasteiger partial charge in [0.15, 0.2) is 0 Å². The lowest BCUT2D eigenvalue weighted by Gasteiger charge is -2.19. The number of rotatable bonds is 6. The summed E-state index contributed by atoms with van der Waals surface area (Å²) in [6.45, 7) is 11.0. The van der Waals surface area contributed by atoms with Crippen molar-refractivity contribution in [1.29, 1.82) is 0 Å². The van der Waals surface area contributed by atoms with Crippen LogP contribution in [-0.2, 0) is 18.6 Å². The molecule has 0 aliphatic rings. The molecular weight excluding hydrogens is 280 g/mol. The number of nitrogens with zero attached hydrogens (tertiary/aromatic N) is 1. The zero-order valence-corrected chi connectivity index (χ0v) is 14.1.